The van der Waals surface area contributed by atoms with Gasteiger partial charge in [0.25, 0.3) is 0 Å². The topological polar surface area (TPSA) is 69.1 Å². The van der Waals surface area contributed by atoms with E-state index >= 15 is 0 Å². The lowest BCUT2D eigenvalue weighted by Crippen LogP contribution is -1.94. The summed E-state index contributed by atoms with van der Waals surface area (Å²) < 4.78 is 2.14. The van der Waals surface area contributed by atoms with Crippen LogP contribution in [0.5, 0.6) is 0 Å². The molecule has 1 aliphatic carbocycles. The molecule has 0 aliphatic heterocycles. The van der Waals surface area contributed by atoms with Crippen LogP contribution < -0.4 is 0 Å². The Morgan fingerprint density at radius 2 is 1.32 bits per heavy atom. The highest BCUT2D eigenvalue weighted by Crippen LogP contribution is 2.49. The number of nitrogens with zero attached hydrogens (tertiary/aromatic N) is 3. The summed E-state index contributed by atoms with van der Waals surface area (Å²) in [6.45, 7) is 0. The Morgan fingerprint density at radius 1 is 0.677 bits per heavy atom. The maximum absolute atomic E-state index is 13.3. The molecule has 4 aromatic carbocycles. The average Bonchev–Trinajstić information content (AvgIpc) is 3.42. The van der Waals surface area contributed by atoms with Gasteiger partial charge in [0, 0.05) is 38.2 Å². The van der Waals surface area contributed by atoms with E-state index < -0.39 is 0 Å². The summed E-state index contributed by atoms with van der Waals surface area (Å²) >= 11 is 0. The van der Waals surface area contributed by atoms with Gasteiger partial charge in [-0.15, -0.1) is 0 Å². The zero-order valence-corrected chi connectivity index (χ0v) is 16.1. The van der Waals surface area contributed by atoms with Crippen LogP contribution >= 0.6 is 0 Å². The van der Waals surface area contributed by atoms with E-state index in [0.717, 1.165) is 54.8 Å². The normalized spacial score (nSPS) is 12.5. The number of carbonyl (C=O) groups excluding carboxylic acids is 1. The van der Waals surface area contributed by atoms with Gasteiger partial charge < -0.3 is 4.40 Å². The van der Waals surface area contributed by atoms with Crippen LogP contribution in [0.1, 0.15) is 27.0 Å². The Bertz CT molecular complexity index is 1880. The first-order valence-corrected chi connectivity index (χ1v) is 9.95. The molecule has 0 fully saturated rings. The molecule has 4 nitrogen and oxygen atoms in total. The van der Waals surface area contributed by atoms with E-state index in [2.05, 4.69) is 16.5 Å². The van der Waals surface area contributed by atoms with Gasteiger partial charge in [-0.2, -0.15) is 10.5 Å². The van der Waals surface area contributed by atoms with Crippen LogP contribution in [0, 0.1) is 22.7 Å². The van der Waals surface area contributed by atoms with Crippen molar-refractivity contribution < 1.29 is 4.79 Å². The molecule has 7 rings (SSSR count). The van der Waals surface area contributed by atoms with E-state index in [9.17, 15) is 15.3 Å². The molecule has 2 aromatic heterocycles. The fourth-order valence-corrected chi connectivity index (χ4v) is 5.26. The second-order valence-corrected chi connectivity index (χ2v) is 7.97. The van der Waals surface area contributed by atoms with E-state index in [1.54, 1.807) is 0 Å². The number of carbonyl (C=O) groups is 1. The highest BCUT2D eigenvalue weighted by molar-refractivity contribution is 6.35. The molecule has 0 radical (unpaired) electrons. The first-order valence-electron chi connectivity index (χ1n) is 9.95. The number of ketones is 1. The van der Waals surface area contributed by atoms with Gasteiger partial charge in [-0.25, -0.2) is 0 Å². The third-order valence-corrected chi connectivity index (χ3v) is 6.50. The molecule has 6 aromatic rings. The Labute approximate surface area is 176 Å². The standard InChI is InChI=1S/C27H11N3O/c28-12-14-5-7-16-20-11-21-24(17-3-1-2-4-18(17)27(21)31)25-19-8-6-15(13-29)10-23(19)30(26(20)25)22(16)9-14/h1-11H. The Kier molecular flexibility index (Phi) is 2.75. The average molecular weight is 393 g/mol. The van der Waals surface area contributed by atoms with E-state index in [4.69, 9.17) is 0 Å². The number of fused-ring (bicyclic) bond motifs is 10. The van der Waals surface area contributed by atoms with Gasteiger partial charge in [-0.05, 0) is 35.9 Å². The van der Waals surface area contributed by atoms with Gasteiger partial charge in [-0.3, -0.25) is 4.79 Å². The lowest BCUT2D eigenvalue weighted by Gasteiger charge is -2.04. The van der Waals surface area contributed by atoms with Gasteiger partial charge >= 0.3 is 0 Å². The third kappa shape index (κ3) is 1.77. The minimum Gasteiger partial charge on any atom is -0.308 e. The summed E-state index contributed by atoms with van der Waals surface area (Å²) in [7, 11) is 0. The van der Waals surface area contributed by atoms with Gasteiger partial charge in [0.15, 0.2) is 5.78 Å². The molecule has 4 heteroatoms. The summed E-state index contributed by atoms with van der Waals surface area (Å²) in [5.41, 5.74) is 7.35. The van der Waals surface area contributed by atoms with Crippen molar-refractivity contribution in [1.82, 2.24) is 4.40 Å². The van der Waals surface area contributed by atoms with E-state index in [1.165, 1.54) is 0 Å². The fraction of sp³-hybridized carbons (Fsp3) is 0. The van der Waals surface area contributed by atoms with Gasteiger partial charge in [0.1, 0.15) is 0 Å². The zero-order chi connectivity index (χ0) is 20.9. The summed E-state index contributed by atoms with van der Waals surface area (Å²) in [5.74, 6) is 0.0420. The molecule has 0 N–H and O–H groups in total. The van der Waals surface area contributed by atoms with Gasteiger partial charge in [-0.1, -0.05) is 36.4 Å². The van der Waals surface area contributed by atoms with Crippen LogP contribution in [-0.4, -0.2) is 10.2 Å². The van der Waals surface area contributed by atoms with Crippen LogP contribution in [0.4, 0.5) is 0 Å². The minimum absolute atomic E-state index is 0.0420. The predicted octanol–water partition coefficient (Wildman–Crippen LogP) is 5.79. The lowest BCUT2D eigenvalue weighted by molar-refractivity contribution is 0.104. The minimum atomic E-state index is 0.0420. The number of hydrogen-bond donors (Lipinski definition) is 0. The molecule has 1 aliphatic rings. The molecule has 31 heavy (non-hydrogen) atoms. The van der Waals surface area contributed by atoms with E-state index in [0.29, 0.717) is 16.7 Å². The van der Waals surface area contributed by atoms with Crippen LogP contribution in [0.15, 0.2) is 66.7 Å². The van der Waals surface area contributed by atoms with Crippen molar-refractivity contribution in [1.29, 1.82) is 10.5 Å². The van der Waals surface area contributed by atoms with Crippen molar-refractivity contribution in [3.05, 3.63) is 89.0 Å². The number of rotatable bonds is 0. The van der Waals surface area contributed by atoms with Crippen molar-refractivity contribution in [3.8, 4) is 23.3 Å². The van der Waals surface area contributed by atoms with E-state index in [-0.39, 0.29) is 5.78 Å². The van der Waals surface area contributed by atoms with Crippen molar-refractivity contribution in [2.45, 2.75) is 0 Å². The molecule has 140 valence electrons. The molecular formula is C27H11N3O. The first-order chi connectivity index (χ1) is 15.2. The number of benzene rings is 4. The summed E-state index contributed by atoms with van der Waals surface area (Å²) in [6, 6.07) is 25.5. The van der Waals surface area contributed by atoms with Crippen LogP contribution in [0.3, 0.4) is 0 Å². The largest absolute Gasteiger partial charge is 0.308 e. The van der Waals surface area contributed by atoms with Crippen molar-refractivity contribution in [3.63, 3.8) is 0 Å². The SMILES string of the molecule is N#Cc1ccc2c3cc4c(c5c6ccc(C#N)cc6n(c2c1)c35)-c1ccccc1C4=O. The highest BCUT2D eigenvalue weighted by Gasteiger charge is 2.32. The lowest BCUT2D eigenvalue weighted by atomic mass is 9.96. The molecule has 0 saturated heterocycles. The van der Waals surface area contributed by atoms with Crippen molar-refractivity contribution >= 4 is 43.9 Å². The van der Waals surface area contributed by atoms with Crippen LogP contribution in [-0.2, 0) is 0 Å². The van der Waals surface area contributed by atoms with Crippen LogP contribution in [0.25, 0.3) is 49.2 Å². The van der Waals surface area contributed by atoms with E-state index in [1.807, 2.05) is 66.7 Å². The summed E-state index contributed by atoms with van der Waals surface area (Å²) in [4.78, 5) is 13.3. The second kappa shape index (κ2) is 5.27. The smallest absolute Gasteiger partial charge is 0.194 e. The molecule has 0 unspecified atom stereocenters. The Balaban J connectivity index is 1.84. The summed E-state index contributed by atoms with van der Waals surface area (Å²) in [5, 5.41) is 23.0. The molecule has 0 saturated carbocycles. The first kappa shape index (κ1) is 16.2. The predicted molar refractivity (Wildman–Crippen MR) is 119 cm³/mol. The Morgan fingerprint density at radius 3 is 2.03 bits per heavy atom. The summed E-state index contributed by atoms with van der Waals surface area (Å²) in [6.07, 6.45) is 0. The molecule has 0 atom stereocenters. The van der Waals surface area contributed by atoms with Crippen molar-refractivity contribution in [2.24, 2.45) is 0 Å². The maximum atomic E-state index is 13.3. The number of nitriles is 2. The third-order valence-electron chi connectivity index (χ3n) is 6.50. The van der Waals surface area contributed by atoms with Crippen molar-refractivity contribution in [2.75, 3.05) is 0 Å². The van der Waals surface area contributed by atoms with Crippen LogP contribution in [0.2, 0.25) is 0 Å². The fourth-order valence-electron chi connectivity index (χ4n) is 5.26. The highest BCUT2D eigenvalue weighted by atomic mass is 16.1. The Hall–Kier alpha value is -4.67. The molecular weight excluding hydrogens is 382 g/mol. The molecule has 0 bridgehead atoms. The molecule has 2 heterocycles. The molecule has 0 amide bonds. The van der Waals surface area contributed by atoms with Gasteiger partial charge in [0.05, 0.1) is 39.8 Å². The molecule has 0 spiro atoms. The quantitative estimate of drug-likeness (QED) is 0.327. The van der Waals surface area contributed by atoms with Gasteiger partial charge in [0.2, 0.25) is 0 Å². The number of hydrogen-bond acceptors (Lipinski definition) is 3. The second-order valence-electron chi connectivity index (χ2n) is 7.97. The number of aromatic nitrogens is 1. The maximum Gasteiger partial charge on any atom is 0.194 e. The zero-order valence-electron chi connectivity index (χ0n) is 16.1. The monoisotopic (exact) mass is 393 g/mol.